The first-order valence-corrected chi connectivity index (χ1v) is 20.6. The molecule has 5 rings (SSSR count). The molecule has 2 aliphatic carbocycles. The van der Waals surface area contributed by atoms with E-state index in [-0.39, 0.29) is 19.3 Å². The Balaban J connectivity index is 1.74. The zero-order chi connectivity index (χ0) is 35.9. The van der Waals surface area contributed by atoms with Crippen LogP contribution in [-0.4, -0.2) is 68.6 Å². The molecule has 1 aliphatic heterocycles. The molecule has 2 saturated carbocycles. The van der Waals surface area contributed by atoms with Crippen LogP contribution in [0.1, 0.15) is 112 Å². The average molecular weight is 709 g/mol. The predicted molar refractivity (Wildman–Crippen MR) is 192 cm³/mol. The molecule has 50 heavy (non-hydrogen) atoms. The molecule has 10 heteroatoms. The second kappa shape index (κ2) is 16.5. The fourth-order valence-electron chi connectivity index (χ4n) is 7.92. The Labute approximate surface area is 298 Å². The van der Waals surface area contributed by atoms with Gasteiger partial charge in [-0.15, -0.1) is 0 Å². The molecule has 0 unspecified atom stereocenters. The van der Waals surface area contributed by atoms with Crippen LogP contribution < -0.4 is 10.4 Å². The third-order valence-electron chi connectivity index (χ3n) is 10.2. The van der Waals surface area contributed by atoms with Gasteiger partial charge in [-0.25, -0.2) is 0 Å². The normalized spacial score (nSPS) is 26.2. The second-order valence-electron chi connectivity index (χ2n) is 15.0. The van der Waals surface area contributed by atoms with Crippen LogP contribution in [0.4, 0.5) is 0 Å². The van der Waals surface area contributed by atoms with Gasteiger partial charge in [-0.3, -0.25) is 14.4 Å². The molecule has 1 heterocycles. The maximum absolute atomic E-state index is 13.5. The lowest BCUT2D eigenvalue weighted by molar-refractivity contribution is -0.228. The van der Waals surface area contributed by atoms with Gasteiger partial charge in [-0.1, -0.05) is 109 Å². The average Bonchev–Trinajstić information content (AvgIpc) is 3.45. The highest BCUT2D eigenvalue weighted by molar-refractivity contribution is 6.99. The standard InChI is InChI=1S/C40H56O9Si/c1-7-19-30(41)44-33-34(45-31(42)20-8-2)36-37(48-40(47-36)26-17-12-18-27-40)38(35(33)46-32(43)21-9-3)49-50(39(4,5)6,28-22-13-10-14-23-28)29-24-15-11-16-25-29/h10-11,13-16,22-25,33-38H,7-9,12,17-21,26-27H2,1-6H3/t33-,34-,35+,36+,37+,38-/m0/s1. The summed E-state index contributed by atoms with van der Waals surface area (Å²) in [7, 11) is -3.30. The Morgan fingerprint density at radius 3 is 1.46 bits per heavy atom. The minimum absolute atomic E-state index is 0.150. The number of benzene rings is 2. The van der Waals surface area contributed by atoms with Crippen LogP contribution in [0, 0.1) is 0 Å². The second-order valence-corrected chi connectivity index (χ2v) is 19.2. The van der Waals surface area contributed by atoms with E-state index in [9.17, 15) is 14.4 Å². The number of carbonyl (C=O) groups is 3. The minimum Gasteiger partial charge on any atom is -0.455 e. The van der Waals surface area contributed by atoms with E-state index in [0.717, 1.165) is 29.6 Å². The number of ether oxygens (including phenoxy) is 5. The monoisotopic (exact) mass is 708 g/mol. The van der Waals surface area contributed by atoms with Crippen molar-refractivity contribution in [3.63, 3.8) is 0 Å². The largest absolute Gasteiger partial charge is 0.455 e. The van der Waals surface area contributed by atoms with Gasteiger partial charge in [0.25, 0.3) is 8.32 Å². The van der Waals surface area contributed by atoms with Crippen LogP contribution in [0.15, 0.2) is 60.7 Å². The first kappa shape index (κ1) is 38.2. The highest BCUT2D eigenvalue weighted by Gasteiger charge is 2.66. The Morgan fingerprint density at radius 1 is 0.640 bits per heavy atom. The zero-order valence-corrected chi connectivity index (χ0v) is 31.7. The minimum atomic E-state index is -3.30. The maximum atomic E-state index is 13.5. The highest BCUT2D eigenvalue weighted by atomic mass is 28.4. The quantitative estimate of drug-likeness (QED) is 0.131. The van der Waals surface area contributed by atoms with Crippen LogP contribution in [0.25, 0.3) is 0 Å². The van der Waals surface area contributed by atoms with Crippen LogP contribution in [0.2, 0.25) is 5.04 Å². The van der Waals surface area contributed by atoms with Gasteiger partial charge >= 0.3 is 17.9 Å². The first-order chi connectivity index (χ1) is 24.0. The van der Waals surface area contributed by atoms with E-state index in [0.29, 0.717) is 32.1 Å². The molecule has 0 radical (unpaired) electrons. The molecule has 1 spiro atoms. The molecule has 0 bridgehead atoms. The molecule has 1 saturated heterocycles. The van der Waals surface area contributed by atoms with Gasteiger partial charge in [-0.2, -0.15) is 0 Å². The Hall–Kier alpha value is -3.05. The van der Waals surface area contributed by atoms with E-state index in [1.165, 1.54) is 0 Å². The van der Waals surface area contributed by atoms with Gasteiger partial charge in [0.2, 0.25) is 0 Å². The van der Waals surface area contributed by atoms with Gasteiger partial charge < -0.3 is 28.1 Å². The van der Waals surface area contributed by atoms with Crippen molar-refractivity contribution in [1.82, 2.24) is 0 Å². The summed E-state index contributed by atoms with van der Waals surface area (Å²) in [6, 6.07) is 20.5. The number of carbonyl (C=O) groups excluding carboxylic acids is 3. The Morgan fingerprint density at radius 2 is 1.04 bits per heavy atom. The van der Waals surface area contributed by atoms with Crippen molar-refractivity contribution in [2.75, 3.05) is 0 Å². The molecule has 0 aromatic heterocycles. The summed E-state index contributed by atoms with van der Waals surface area (Å²) in [5.41, 5.74) is 0. The summed E-state index contributed by atoms with van der Waals surface area (Å²) in [6.07, 6.45) is 0.521. The van der Waals surface area contributed by atoms with Crippen molar-refractivity contribution >= 4 is 36.6 Å². The molecular weight excluding hydrogens is 653 g/mol. The van der Waals surface area contributed by atoms with Crippen LogP contribution in [0.5, 0.6) is 0 Å². The molecule has 3 aliphatic rings. The predicted octanol–water partition coefficient (Wildman–Crippen LogP) is 6.53. The van der Waals surface area contributed by atoms with E-state index in [4.69, 9.17) is 28.1 Å². The molecule has 274 valence electrons. The highest BCUT2D eigenvalue weighted by Crippen LogP contribution is 2.49. The lowest BCUT2D eigenvalue weighted by Gasteiger charge is -2.51. The third kappa shape index (κ3) is 8.03. The van der Waals surface area contributed by atoms with Gasteiger partial charge in [0.15, 0.2) is 24.1 Å². The molecule has 0 N–H and O–H groups in total. The third-order valence-corrected chi connectivity index (χ3v) is 15.2. The molecule has 9 nitrogen and oxygen atoms in total. The fourth-order valence-corrected chi connectivity index (χ4v) is 12.6. The summed E-state index contributed by atoms with van der Waals surface area (Å²) in [4.78, 5) is 40.2. The van der Waals surface area contributed by atoms with E-state index in [1.54, 1.807) is 0 Å². The smallest absolute Gasteiger partial charge is 0.306 e. The SMILES string of the molecule is CCCC(=O)O[C@@H]1[C@@H](OC(=O)CCC)[C@H](O[Si](c2ccccc2)(c2ccccc2)C(C)(C)C)[C@@H]2OC3(CCCCC3)O[C@@H]2[C@H]1OC(=O)CCC. The summed E-state index contributed by atoms with van der Waals surface area (Å²) in [6.45, 7) is 12.2. The summed E-state index contributed by atoms with van der Waals surface area (Å²) < 4.78 is 40.5. The van der Waals surface area contributed by atoms with E-state index in [2.05, 4.69) is 45.0 Å². The van der Waals surface area contributed by atoms with Crippen molar-refractivity contribution in [2.24, 2.45) is 0 Å². The molecular formula is C40H56O9Si. The molecule has 3 fully saturated rings. The first-order valence-electron chi connectivity index (χ1n) is 18.7. The lowest BCUT2D eigenvalue weighted by Crippen LogP contribution is -2.73. The molecule has 0 amide bonds. The van der Waals surface area contributed by atoms with Gasteiger partial charge in [0.1, 0.15) is 18.3 Å². The maximum Gasteiger partial charge on any atom is 0.306 e. The van der Waals surface area contributed by atoms with Gasteiger partial charge in [0.05, 0.1) is 0 Å². The lowest BCUT2D eigenvalue weighted by atomic mass is 9.84. The fraction of sp³-hybridized carbons (Fsp3) is 0.625. The van der Waals surface area contributed by atoms with E-state index < -0.39 is 73.7 Å². The summed E-state index contributed by atoms with van der Waals surface area (Å²) >= 11 is 0. The van der Waals surface area contributed by atoms with Crippen LogP contribution in [0.3, 0.4) is 0 Å². The van der Waals surface area contributed by atoms with Gasteiger partial charge in [-0.05, 0) is 47.5 Å². The zero-order valence-electron chi connectivity index (χ0n) is 30.7. The van der Waals surface area contributed by atoms with Crippen LogP contribution in [-0.2, 0) is 42.5 Å². The molecule has 6 atom stereocenters. The van der Waals surface area contributed by atoms with E-state index in [1.807, 2.05) is 57.2 Å². The number of hydrogen-bond donors (Lipinski definition) is 0. The number of hydrogen-bond acceptors (Lipinski definition) is 9. The number of rotatable bonds is 13. The number of esters is 3. The number of fused-ring (bicyclic) bond motifs is 1. The van der Waals surface area contributed by atoms with Crippen molar-refractivity contribution in [1.29, 1.82) is 0 Å². The van der Waals surface area contributed by atoms with Crippen molar-refractivity contribution < 1.29 is 42.5 Å². The Bertz CT molecular complexity index is 1380. The van der Waals surface area contributed by atoms with Gasteiger partial charge in [0, 0.05) is 32.1 Å². The van der Waals surface area contributed by atoms with Crippen molar-refractivity contribution in [2.45, 2.75) is 160 Å². The van der Waals surface area contributed by atoms with E-state index >= 15 is 0 Å². The summed E-state index contributed by atoms with van der Waals surface area (Å²) in [5, 5.41) is 1.65. The molecule has 2 aromatic rings. The van der Waals surface area contributed by atoms with Crippen molar-refractivity contribution in [3.8, 4) is 0 Å². The molecule has 2 aromatic carbocycles. The Kier molecular flexibility index (Phi) is 12.6. The summed E-state index contributed by atoms with van der Waals surface area (Å²) in [5.74, 6) is -2.28. The van der Waals surface area contributed by atoms with Crippen LogP contribution >= 0.6 is 0 Å². The van der Waals surface area contributed by atoms with Crippen molar-refractivity contribution in [3.05, 3.63) is 60.7 Å². The topological polar surface area (TPSA) is 107 Å².